The van der Waals surface area contributed by atoms with E-state index >= 15 is 0 Å². The molecule has 0 bridgehead atoms. The second-order valence-electron chi connectivity index (χ2n) is 4.23. The first-order valence-corrected chi connectivity index (χ1v) is 5.72. The van der Waals surface area contributed by atoms with E-state index in [4.69, 9.17) is 0 Å². The number of fused-ring (bicyclic) bond motifs is 1. The molecule has 2 rings (SSSR count). The molecule has 1 aromatic carbocycles. The van der Waals surface area contributed by atoms with Crippen molar-refractivity contribution in [3.63, 3.8) is 0 Å². The second kappa shape index (κ2) is 4.74. The molecule has 2 nitrogen and oxygen atoms in total. The van der Waals surface area contributed by atoms with Crippen LogP contribution in [0.25, 0.3) is 0 Å². The molecule has 0 unspecified atom stereocenters. The summed E-state index contributed by atoms with van der Waals surface area (Å²) in [6.07, 6.45) is 3.85. The van der Waals surface area contributed by atoms with Crippen LogP contribution >= 0.6 is 0 Å². The monoisotopic (exact) mass is 221 g/mol. The van der Waals surface area contributed by atoms with Crippen molar-refractivity contribution in [2.75, 3.05) is 13.6 Å². The van der Waals surface area contributed by atoms with Crippen LogP contribution in [0.4, 0.5) is 4.39 Å². The molecule has 1 N–H and O–H groups in total. The van der Waals surface area contributed by atoms with E-state index in [1.165, 1.54) is 0 Å². The summed E-state index contributed by atoms with van der Waals surface area (Å²) in [6, 6.07) is 3.53. The number of hydrogen-bond acceptors (Lipinski definition) is 2. The lowest BCUT2D eigenvalue weighted by Crippen LogP contribution is -2.21. The molecule has 0 aromatic heterocycles. The molecule has 1 aromatic rings. The van der Waals surface area contributed by atoms with Gasteiger partial charge in [-0.15, -0.1) is 0 Å². The van der Waals surface area contributed by atoms with E-state index in [2.05, 4.69) is 5.32 Å². The maximum Gasteiger partial charge on any atom is 0.179 e. The van der Waals surface area contributed by atoms with Crippen LogP contribution in [-0.2, 0) is 12.8 Å². The van der Waals surface area contributed by atoms with Crippen molar-refractivity contribution >= 4 is 5.78 Å². The van der Waals surface area contributed by atoms with Gasteiger partial charge >= 0.3 is 0 Å². The highest BCUT2D eigenvalue weighted by Gasteiger charge is 2.19. The molecule has 0 radical (unpaired) electrons. The number of hydrogen-bond donors (Lipinski definition) is 1. The molecular formula is C13H16FNO. The first-order valence-electron chi connectivity index (χ1n) is 5.72. The van der Waals surface area contributed by atoms with E-state index in [0.29, 0.717) is 0 Å². The number of aryl methyl sites for hydroxylation is 1. The quantitative estimate of drug-likeness (QED) is 0.792. The number of carbonyl (C=O) groups excluding carboxylic acids is 1. The Balaban J connectivity index is 2.37. The van der Waals surface area contributed by atoms with Gasteiger partial charge in [-0.1, -0.05) is 6.07 Å². The third kappa shape index (κ3) is 2.00. The standard InChI is InChI=1S/C13H16FNO/c1-15-8-12(16)11-7-6-9-4-2-3-5-10(9)13(11)14/h6-7,15H,2-5,8H2,1H3. The van der Waals surface area contributed by atoms with Gasteiger partial charge in [0.1, 0.15) is 5.82 Å². The third-order valence-corrected chi connectivity index (χ3v) is 3.10. The normalized spacial score (nSPS) is 14.6. The maximum atomic E-state index is 14.1. The van der Waals surface area contributed by atoms with Gasteiger partial charge in [0.05, 0.1) is 12.1 Å². The Morgan fingerprint density at radius 1 is 1.38 bits per heavy atom. The number of halogens is 1. The predicted octanol–water partition coefficient (Wildman–Crippen LogP) is 2.11. The number of rotatable bonds is 3. The minimum atomic E-state index is -0.294. The first-order chi connectivity index (χ1) is 7.74. The van der Waals surface area contributed by atoms with Gasteiger partial charge in [-0.25, -0.2) is 4.39 Å². The number of nitrogens with one attached hydrogen (secondary N) is 1. The fourth-order valence-electron chi connectivity index (χ4n) is 2.25. The number of Topliss-reactive ketones (excluding diaryl/α,β-unsaturated/α-hetero) is 1. The number of likely N-dealkylation sites (N-methyl/N-ethyl adjacent to an activating group) is 1. The number of benzene rings is 1. The van der Waals surface area contributed by atoms with Crippen LogP contribution in [-0.4, -0.2) is 19.4 Å². The van der Waals surface area contributed by atoms with Gasteiger partial charge < -0.3 is 5.32 Å². The Morgan fingerprint density at radius 2 is 2.12 bits per heavy atom. The lowest BCUT2D eigenvalue weighted by atomic mass is 9.89. The molecule has 0 saturated heterocycles. The molecule has 86 valence electrons. The maximum absolute atomic E-state index is 14.1. The molecule has 1 aliphatic rings. The zero-order chi connectivity index (χ0) is 11.5. The summed E-state index contributed by atoms with van der Waals surface area (Å²) in [4.78, 5) is 11.6. The summed E-state index contributed by atoms with van der Waals surface area (Å²) in [7, 11) is 1.69. The van der Waals surface area contributed by atoms with E-state index in [1.54, 1.807) is 13.1 Å². The van der Waals surface area contributed by atoms with E-state index in [9.17, 15) is 9.18 Å². The molecule has 0 amide bonds. The molecule has 0 spiro atoms. The molecule has 1 aliphatic carbocycles. The van der Waals surface area contributed by atoms with Crippen molar-refractivity contribution in [2.24, 2.45) is 0 Å². The fourth-order valence-corrected chi connectivity index (χ4v) is 2.25. The SMILES string of the molecule is CNCC(=O)c1ccc2c(c1F)CCCC2. The summed E-state index contributed by atoms with van der Waals surface area (Å²) >= 11 is 0. The van der Waals surface area contributed by atoms with E-state index in [0.717, 1.165) is 36.8 Å². The van der Waals surface area contributed by atoms with Crippen LogP contribution in [0.15, 0.2) is 12.1 Å². The number of carbonyl (C=O) groups is 1. The van der Waals surface area contributed by atoms with Crippen molar-refractivity contribution in [3.05, 3.63) is 34.6 Å². The molecule has 0 aliphatic heterocycles. The van der Waals surface area contributed by atoms with Crippen LogP contribution in [0.5, 0.6) is 0 Å². The van der Waals surface area contributed by atoms with Crippen LogP contribution in [0.2, 0.25) is 0 Å². The number of ketones is 1. The van der Waals surface area contributed by atoms with Crippen molar-refractivity contribution in [2.45, 2.75) is 25.7 Å². The lowest BCUT2D eigenvalue weighted by molar-refractivity contribution is 0.0989. The van der Waals surface area contributed by atoms with Gasteiger partial charge in [-0.3, -0.25) is 4.79 Å². The van der Waals surface area contributed by atoms with Gasteiger partial charge in [0.2, 0.25) is 0 Å². The molecule has 3 heteroatoms. The zero-order valence-electron chi connectivity index (χ0n) is 9.48. The Hall–Kier alpha value is -1.22. The third-order valence-electron chi connectivity index (χ3n) is 3.10. The topological polar surface area (TPSA) is 29.1 Å². The molecule has 0 fully saturated rings. The fraction of sp³-hybridized carbons (Fsp3) is 0.462. The van der Waals surface area contributed by atoms with Gasteiger partial charge in [-0.2, -0.15) is 0 Å². The summed E-state index contributed by atoms with van der Waals surface area (Å²) in [5, 5.41) is 2.76. The average Bonchev–Trinajstić information content (AvgIpc) is 2.30. The molecule has 0 heterocycles. The summed E-state index contributed by atoms with van der Waals surface area (Å²) < 4.78 is 14.1. The van der Waals surface area contributed by atoms with Gasteiger partial charge in [0, 0.05) is 0 Å². The van der Waals surface area contributed by atoms with Gasteiger partial charge in [0.25, 0.3) is 0 Å². The van der Waals surface area contributed by atoms with Crippen molar-refractivity contribution in [1.82, 2.24) is 5.32 Å². The highest BCUT2D eigenvalue weighted by molar-refractivity contribution is 5.98. The molecule has 0 atom stereocenters. The summed E-state index contributed by atoms with van der Waals surface area (Å²) in [5.74, 6) is -0.467. The minimum Gasteiger partial charge on any atom is -0.313 e. The minimum absolute atomic E-state index is 0.173. The smallest absolute Gasteiger partial charge is 0.179 e. The lowest BCUT2D eigenvalue weighted by Gasteiger charge is -2.17. The molecule has 16 heavy (non-hydrogen) atoms. The Kier molecular flexibility index (Phi) is 3.34. The van der Waals surface area contributed by atoms with Crippen molar-refractivity contribution < 1.29 is 9.18 Å². The average molecular weight is 221 g/mol. The highest BCUT2D eigenvalue weighted by Crippen LogP contribution is 2.25. The van der Waals surface area contributed by atoms with Crippen molar-refractivity contribution in [1.29, 1.82) is 0 Å². The van der Waals surface area contributed by atoms with E-state index in [-0.39, 0.29) is 23.7 Å². The summed E-state index contributed by atoms with van der Waals surface area (Å²) in [6.45, 7) is 0.190. The Bertz CT molecular complexity index is 415. The van der Waals surface area contributed by atoms with Gasteiger partial charge in [0.15, 0.2) is 5.78 Å². The predicted molar refractivity (Wildman–Crippen MR) is 61.3 cm³/mol. The molecular weight excluding hydrogens is 205 g/mol. The van der Waals surface area contributed by atoms with Crippen LogP contribution in [0.3, 0.4) is 0 Å². The van der Waals surface area contributed by atoms with Gasteiger partial charge in [-0.05, 0) is 49.9 Å². The zero-order valence-corrected chi connectivity index (χ0v) is 9.48. The Morgan fingerprint density at radius 3 is 2.88 bits per heavy atom. The summed E-state index contributed by atoms with van der Waals surface area (Å²) in [5.41, 5.74) is 2.06. The van der Waals surface area contributed by atoms with Crippen LogP contribution in [0, 0.1) is 5.82 Å². The highest BCUT2D eigenvalue weighted by atomic mass is 19.1. The van der Waals surface area contributed by atoms with E-state index in [1.807, 2.05) is 6.07 Å². The first kappa shape index (κ1) is 11.3. The molecule has 0 saturated carbocycles. The Labute approximate surface area is 94.9 Å². The van der Waals surface area contributed by atoms with E-state index < -0.39 is 0 Å². The second-order valence-corrected chi connectivity index (χ2v) is 4.23. The van der Waals surface area contributed by atoms with Crippen LogP contribution < -0.4 is 5.32 Å². The van der Waals surface area contributed by atoms with Crippen LogP contribution in [0.1, 0.15) is 34.3 Å². The van der Waals surface area contributed by atoms with Crippen molar-refractivity contribution in [3.8, 4) is 0 Å². The largest absolute Gasteiger partial charge is 0.313 e.